The van der Waals surface area contributed by atoms with Gasteiger partial charge >= 0.3 is 0 Å². The Kier molecular flexibility index (Phi) is 6.91. The Morgan fingerprint density at radius 2 is 1.62 bits per heavy atom. The van der Waals surface area contributed by atoms with Crippen LogP contribution in [0, 0.1) is 17.8 Å². The molecule has 1 aliphatic heterocycles. The number of unbranched alkanes of at least 4 members (excludes halogenated alkanes) is 1. The first-order chi connectivity index (χ1) is 12.7. The van der Waals surface area contributed by atoms with Crippen molar-refractivity contribution < 1.29 is 9.47 Å². The van der Waals surface area contributed by atoms with E-state index in [1.165, 1.54) is 0 Å². The fourth-order valence-corrected chi connectivity index (χ4v) is 2.82. The van der Waals surface area contributed by atoms with Crippen LogP contribution in [0.25, 0.3) is 11.1 Å². The van der Waals surface area contributed by atoms with E-state index in [0.717, 1.165) is 34.6 Å². The van der Waals surface area contributed by atoms with Gasteiger partial charge in [-0.25, -0.2) is 0 Å². The van der Waals surface area contributed by atoms with E-state index in [4.69, 9.17) is 21.1 Å². The Labute approximate surface area is 160 Å². The van der Waals surface area contributed by atoms with E-state index in [1.54, 1.807) is 0 Å². The molecule has 1 saturated heterocycles. The lowest BCUT2D eigenvalue weighted by molar-refractivity contribution is -0.160. The molecule has 0 saturated carbocycles. The third kappa shape index (κ3) is 5.47. The van der Waals surface area contributed by atoms with Gasteiger partial charge in [-0.1, -0.05) is 67.3 Å². The standard InChI is InChI=1S/C23H23ClO2/c1-2-3-4-5-19-16-25-23(26-17-19)15-8-18-6-9-20(10-7-18)21-11-13-22(24)14-12-21/h4-7,9-14,19,23H,2-3,16-17H2,1H3/t19-,23-. The molecule has 0 spiro atoms. The van der Waals surface area contributed by atoms with E-state index in [9.17, 15) is 0 Å². The number of halogens is 1. The lowest BCUT2D eigenvalue weighted by Gasteiger charge is -2.24. The maximum absolute atomic E-state index is 5.93. The van der Waals surface area contributed by atoms with Crippen LogP contribution in [-0.4, -0.2) is 19.5 Å². The van der Waals surface area contributed by atoms with Gasteiger partial charge in [0.05, 0.1) is 13.2 Å². The lowest BCUT2D eigenvalue weighted by atomic mass is 10.0. The average Bonchev–Trinajstić information content (AvgIpc) is 2.69. The number of hydrogen-bond acceptors (Lipinski definition) is 2. The normalized spacial score (nSPS) is 19.9. The largest absolute Gasteiger partial charge is 0.341 e. The molecule has 0 unspecified atom stereocenters. The third-order valence-corrected chi connectivity index (χ3v) is 4.44. The highest BCUT2D eigenvalue weighted by atomic mass is 35.5. The minimum atomic E-state index is -0.443. The molecule has 2 nitrogen and oxygen atoms in total. The van der Waals surface area contributed by atoms with Gasteiger partial charge in [0.2, 0.25) is 6.29 Å². The van der Waals surface area contributed by atoms with Crippen molar-refractivity contribution >= 4 is 11.6 Å². The van der Waals surface area contributed by atoms with Crippen molar-refractivity contribution in [2.75, 3.05) is 13.2 Å². The van der Waals surface area contributed by atoms with Crippen LogP contribution in [0.2, 0.25) is 5.02 Å². The monoisotopic (exact) mass is 366 g/mol. The number of allylic oxidation sites excluding steroid dienone is 1. The van der Waals surface area contributed by atoms with Crippen molar-refractivity contribution in [3.8, 4) is 23.0 Å². The molecule has 0 bridgehead atoms. The molecule has 2 aromatic carbocycles. The first kappa shape index (κ1) is 18.7. The third-order valence-electron chi connectivity index (χ3n) is 4.18. The highest BCUT2D eigenvalue weighted by Gasteiger charge is 2.18. The van der Waals surface area contributed by atoms with Crippen molar-refractivity contribution in [3.63, 3.8) is 0 Å². The summed E-state index contributed by atoms with van der Waals surface area (Å²) in [5.74, 6) is 6.52. The Balaban J connectivity index is 1.55. The van der Waals surface area contributed by atoms with E-state index in [0.29, 0.717) is 19.1 Å². The highest BCUT2D eigenvalue weighted by molar-refractivity contribution is 6.30. The Bertz CT molecular complexity index is 774. The van der Waals surface area contributed by atoms with Crippen molar-refractivity contribution in [2.24, 2.45) is 5.92 Å². The average molecular weight is 367 g/mol. The summed E-state index contributed by atoms with van der Waals surface area (Å²) in [5.41, 5.74) is 3.22. The molecular formula is C23H23ClO2. The van der Waals surface area contributed by atoms with Gasteiger partial charge in [0.1, 0.15) is 0 Å². The van der Waals surface area contributed by atoms with Crippen LogP contribution < -0.4 is 0 Å². The van der Waals surface area contributed by atoms with Crippen molar-refractivity contribution in [1.82, 2.24) is 0 Å². The molecule has 1 heterocycles. The molecule has 3 heteroatoms. The number of benzene rings is 2. The van der Waals surface area contributed by atoms with Crippen LogP contribution in [0.4, 0.5) is 0 Å². The quantitative estimate of drug-likeness (QED) is 0.510. The van der Waals surface area contributed by atoms with Gasteiger partial charge in [-0.2, -0.15) is 0 Å². The molecule has 0 aliphatic carbocycles. The van der Waals surface area contributed by atoms with E-state index in [-0.39, 0.29) is 0 Å². The molecular weight excluding hydrogens is 344 g/mol. The molecule has 1 fully saturated rings. The SMILES string of the molecule is CCCC=C[C@H]1CO[C@H](C#Cc2ccc(-c3ccc(Cl)cc3)cc2)OC1. The summed E-state index contributed by atoms with van der Waals surface area (Å²) in [6.07, 6.45) is 6.21. The summed E-state index contributed by atoms with van der Waals surface area (Å²) in [6, 6.07) is 16.0. The van der Waals surface area contributed by atoms with Crippen LogP contribution in [0.3, 0.4) is 0 Å². The van der Waals surface area contributed by atoms with Gasteiger partial charge in [0.25, 0.3) is 0 Å². The van der Waals surface area contributed by atoms with Crippen LogP contribution in [0.15, 0.2) is 60.7 Å². The van der Waals surface area contributed by atoms with Gasteiger partial charge < -0.3 is 9.47 Å². The summed E-state index contributed by atoms with van der Waals surface area (Å²) in [5, 5.41) is 0.742. The van der Waals surface area contributed by atoms with Crippen LogP contribution in [-0.2, 0) is 9.47 Å². The molecule has 0 N–H and O–H groups in total. The topological polar surface area (TPSA) is 18.5 Å². The zero-order chi connectivity index (χ0) is 18.2. The summed E-state index contributed by atoms with van der Waals surface area (Å²) >= 11 is 5.93. The van der Waals surface area contributed by atoms with E-state index < -0.39 is 6.29 Å². The maximum Gasteiger partial charge on any atom is 0.222 e. The first-order valence-corrected chi connectivity index (χ1v) is 9.40. The number of hydrogen-bond donors (Lipinski definition) is 0. The van der Waals surface area contributed by atoms with E-state index in [1.807, 2.05) is 36.4 Å². The minimum absolute atomic E-state index is 0.332. The molecule has 0 atom stereocenters. The Morgan fingerprint density at radius 1 is 1.00 bits per heavy atom. The predicted octanol–water partition coefficient (Wildman–Crippen LogP) is 5.70. The molecule has 3 rings (SSSR count). The zero-order valence-electron chi connectivity index (χ0n) is 15.0. The second kappa shape index (κ2) is 9.59. The molecule has 0 radical (unpaired) electrons. The van der Waals surface area contributed by atoms with Gasteiger partial charge in [-0.3, -0.25) is 0 Å². The fourth-order valence-electron chi connectivity index (χ4n) is 2.70. The molecule has 134 valence electrons. The maximum atomic E-state index is 5.93. The van der Waals surface area contributed by atoms with E-state index >= 15 is 0 Å². The lowest BCUT2D eigenvalue weighted by Crippen LogP contribution is -2.30. The van der Waals surface area contributed by atoms with E-state index in [2.05, 4.69) is 43.0 Å². The summed E-state index contributed by atoms with van der Waals surface area (Å²) < 4.78 is 11.4. The van der Waals surface area contributed by atoms with Crippen molar-refractivity contribution in [1.29, 1.82) is 0 Å². The van der Waals surface area contributed by atoms with Crippen LogP contribution in [0.1, 0.15) is 25.3 Å². The first-order valence-electron chi connectivity index (χ1n) is 9.02. The summed E-state index contributed by atoms with van der Waals surface area (Å²) in [7, 11) is 0. The summed E-state index contributed by atoms with van der Waals surface area (Å²) in [4.78, 5) is 0. The van der Waals surface area contributed by atoms with Crippen molar-refractivity contribution in [2.45, 2.75) is 26.1 Å². The minimum Gasteiger partial charge on any atom is -0.341 e. The predicted molar refractivity (Wildman–Crippen MR) is 107 cm³/mol. The second-order valence-electron chi connectivity index (χ2n) is 6.33. The smallest absolute Gasteiger partial charge is 0.222 e. The molecule has 0 amide bonds. The van der Waals surface area contributed by atoms with Gasteiger partial charge in [0.15, 0.2) is 0 Å². The van der Waals surface area contributed by atoms with Gasteiger partial charge in [-0.05, 0) is 47.7 Å². The van der Waals surface area contributed by atoms with Gasteiger partial charge in [0, 0.05) is 16.5 Å². The van der Waals surface area contributed by atoms with Crippen LogP contribution in [0.5, 0.6) is 0 Å². The highest BCUT2D eigenvalue weighted by Crippen LogP contribution is 2.21. The molecule has 0 aromatic heterocycles. The summed E-state index contributed by atoms with van der Waals surface area (Å²) in [6.45, 7) is 3.50. The van der Waals surface area contributed by atoms with Crippen molar-refractivity contribution in [3.05, 3.63) is 71.3 Å². The molecule has 2 aromatic rings. The molecule has 1 aliphatic rings. The number of rotatable bonds is 4. The molecule has 26 heavy (non-hydrogen) atoms. The zero-order valence-corrected chi connectivity index (χ0v) is 15.7. The number of ether oxygens (including phenoxy) is 2. The Hall–Kier alpha value is -2.05. The van der Waals surface area contributed by atoms with Crippen LogP contribution >= 0.6 is 11.6 Å². The van der Waals surface area contributed by atoms with Gasteiger partial charge in [-0.15, -0.1) is 0 Å². The fraction of sp³-hybridized carbons (Fsp3) is 0.304. The Morgan fingerprint density at radius 3 is 2.23 bits per heavy atom. The second-order valence-corrected chi connectivity index (χ2v) is 6.77.